The number of carbonyl (C=O) groups excluding carboxylic acids is 2. The SMILES string of the molecule is CCCCCCCCO[C@H]1O[C@H](CO)[C@H](O)[C@H](O[C@@H]2O[C@H](CO)[C@H](O)[C@H](O[C@@H]3O[C@H](COS(=O)(=O)O)[C@@H](O[C@@H]4O[C@H](CO)[C@@H](O)[C@H](O[C@]5(C(=O)O)C[C@H](O)[C@@H](N=C(C)[O-])[C@H]([C@H](O)[C@H](O)CO)O5)[C@H]4O)[C@H](O)[C@H]3NC(C)=O)[C@H]2O)[C@H]1NC(C)=O.[Na+]. The van der Waals surface area contributed by atoms with E-state index in [2.05, 4.69) is 26.7 Å². The van der Waals surface area contributed by atoms with Gasteiger partial charge in [-0.3, -0.25) is 19.1 Å². The van der Waals surface area contributed by atoms with Gasteiger partial charge in [0.2, 0.25) is 11.8 Å². The number of aliphatic hydroxyl groups is 13. The van der Waals surface area contributed by atoms with E-state index in [9.17, 15) is 104 Å². The summed E-state index contributed by atoms with van der Waals surface area (Å²) in [6.45, 7) is -0.491. The second-order valence-electron chi connectivity index (χ2n) is 20.6. The quantitative estimate of drug-likeness (QED) is 0.0109. The Kier molecular flexibility index (Phi) is 29.7. The van der Waals surface area contributed by atoms with E-state index in [4.69, 9.17) is 47.4 Å². The van der Waals surface area contributed by atoms with Gasteiger partial charge < -0.3 is 135 Å². The molecule has 35 nitrogen and oxygen atoms in total. The van der Waals surface area contributed by atoms with Crippen molar-refractivity contribution < 1.29 is 185 Å². The van der Waals surface area contributed by atoms with E-state index in [0.717, 1.165) is 52.9 Å². The Labute approximate surface area is 503 Å². The van der Waals surface area contributed by atoms with Gasteiger partial charge in [0.05, 0.1) is 39.1 Å². The van der Waals surface area contributed by atoms with Crippen molar-refractivity contribution >= 4 is 34.1 Å². The normalized spacial score (nSPS) is 40.3. The molecule has 0 aliphatic carbocycles. The molecule has 0 aromatic heterocycles. The Hall–Kier alpha value is -2.17. The number of aliphatic imine (C=N–C) groups is 1. The van der Waals surface area contributed by atoms with E-state index in [1.54, 1.807) is 0 Å². The summed E-state index contributed by atoms with van der Waals surface area (Å²) in [5.41, 5.74) is 0. The van der Waals surface area contributed by atoms with Gasteiger partial charge in [-0.15, -0.1) is 0 Å². The molecule has 26 atom stereocenters. The van der Waals surface area contributed by atoms with Gasteiger partial charge in [0.15, 0.2) is 25.2 Å². The molecule has 2 amide bonds. The fourth-order valence-corrected chi connectivity index (χ4v) is 10.5. The number of nitrogens with one attached hydrogen (secondary N) is 2. The van der Waals surface area contributed by atoms with Crippen molar-refractivity contribution in [2.75, 3.05) is 39.6 Å². The van der Waals surface area contributed by atoms with Crippen LogP contribution >= 0.6 is 0 Å². The second kappa shape index (κ2) is 33.6. The van der Waals surface area contributed by atoms with E-state index in [-0.39, 0.29) is 36.2 Å². The molecule has 0 bridgehead atoms. The fourth-order valence-electron chi connectivity index (χ4n) is 10.2. The number of rotatable bonds is 29. The third-order valence-corrected chi connectivity index (χ3v) is 14.8. The molecule has 0 unspecified atom stereocenters. The maximum absolute atomic E-state index is 13.1. The number of unbranched alkanes of at least 4 members (excludes halogenated alkanes) is 5. The first-order chi connectivity index (χ1) is 39.1. The van der Waals surface area contributed by atoms with Crippen molar-refractivity contribution in [2.24, 2.45) is 4.99 Å². The van der Waals surface area contributed by atoms with Gasteiger partial charge in [0, 0.05) is 26.9 Å². The molecule has 5 saturated heterocycles. The number of nitrogens with zero attached hydrogens (tertiary/aromatic N) is 1. The zero-order valence-corrected chi connectivity index (χ0v) is 49.4. The maximum Gasteiger partial charge on any atom is 1.00 e. The van der Waals surface area contributed by atoms with E-state index in [0.29, 0.717) is 6.42 Å². The maximum atomic E-state index is 13.1. The minimum absolute atomic E-state index is 0. The molecule has 5 rings (SSSR count). The molecular weight excluding hydrogens is 1170 g/mol. The Balaban J connectivity index is 0.0000151. The van der Waals surface area contributed by atoms with Crippen LogP contribution in [0.1, 0.15) is 72.6 Å². The predicted octanol–water partition coefficient (Wildman–Crippen LogP) is -12.4. The van der Waals surface area contributed by atoms with Crippen LogP contribution in [0.2, 0.25) is 0 Å². The third kappa shape index (κ3) is 18.9. The molecule has 37 heteroatoms. The molecule has 84 heavy (non-hydrogen) atoms. The summed E-state index contributed by atoms with van der Waals surface area (Å²) >= 11 is 0. The van der Waals surface area contributed by atoms with Gasteiger partial charge in [-0.05, 0) is 19.2 Å². The van der Waals surface area contributed by atoms with Gasteiger partial charge in [0.25, 0.3) is 5.79 Å². The van der Waals surface area contributed by atoms with Crippen molar-refractivity contribution in [3.63, 3.8) is 0 Å². The van der Waals surface area contributed by atoms with Crippen LogP contribution in [0.4, 0.5) is 0 Å². The molecule has 0 aromatic rings. The van der Waals surface area contributed by atoms with Crippen molar-refractivity contribution in [1.29, 1.82) is 0 Å². The zero-order chi connectivity index (χ0) is 61.8. The summed E-state index contributed by atoms with van der Waals surface area (Å²) in [7, 11) is -5.44. The number of aliphatic carboxylic acids is 1. The molecule has 0 aromatic carbocycles. The molecular formula is C47H80N3NaO32S. The molecule has 0 spiro atoms. The van der Waals surface area contributed by atoms with Gasteiger partial charge in [-0.2, -0.15) is 8.42 Å². The number of amides is 2. The number of hydrogen-bond acceptors (Lipinski definition) is 31. The smallest absolute Gasteiger partial charge is 0.862 e. The van der Waals surface area contributed by atoms with Crippen LogP contribution in [0.15, 0.2) is 4.99 Å². The van der Waals surface area contributed by atoms with Crippen molar-refractivity contribution in [2.45, 2.75) is 232 Å². The predicted molar refractivity (Wildman–Crippen MR) is 265 cm³/mol. The Morgan fingerprint density at radius 1 is 0.667 bits per heavy atom. The van der Waals surface area contributed by atoms with Crippen LogP contribution < -0.4 is 45.3 Å². The molecule has 17 N–H and O–H groups in total. The number of aliphatic hydroxyl groups excluding tert-OH is 13. The molecule has 0 saturated carbocycles. The summed E-state index contributed by atoms with van der Waals surface area (Å²) in [4.78, 5) is 42.1. The second-order valence-corrected chi connectivity index (χ2v) is 21.7. The minimum atomic E-state index is -5.44. The van der Waals surface area contributed by atoms with Crippen LogP contribution in [0, 0.1) is 0 Å². The molecule has 5 aliphatic heterocycles. The summed E-state index contributed by atoms with van der Waals surface area (Å²) in [6, 6.07) is -5.22. The third-order valence-electron chi connectivity index (χ3n) is 14.4. The number of hydrogen-bond donors (Lipinski definition) is 17. The van der Waals surface area contributed by atoms with Crippen LogP contribution in [0.3, 0.4) is 0 Å². The summed E-state index contributed by atoms with van der Waals surface area (Å²) in [6.07, 6.45) is -41.7. The Morgan fingerprint density at radius 2 is 1.15 bits per heavy atom. The summed E-state index contributed by atoms with van der Waals surface area (Å²) in [5, 5.41) is 170. The van der Waals surface area contributed by atoms with Crippen LogP contribution in [-0.2, 0) is 76.3 Å². The number of ether oxygens (including phenoxy) is 10. The first kappa shape index (κ1) is 74.3. The van der Waals surface area contributed by atoms with E-state index in [1.807, 2.05) is 0 Å². The van der Waals surface area contributed by atoms with E-state index in [1.165, 1.54) is 0 Å². The first-order valence-corrected chi connectivity index (χ1v) is 28.2. The Morgan fingerprint density at radius 3 is 1.68 bits per heavy atom. The summed E-state index contributed by atoms with van der Waals surface area (Å²) in [5.74, 6) is -8.03. The molecule has 5 heterocycles. The topological polar surface area (TPSA) is 550 Å². The van der Waals surface area contributed by atoms with Crippen LogP contribution in [-0.4, -0.2) is 307 Å². The molecule has 5 aliphatic rings. The number of carboxylic acid groups (broad SMARTS) is 1. The van der Waals surface area contributed by atoms with Crippen LogP contribution in [0.25, 0.3) is 0 Å². The van der Waals surface area contributed by atoms with Crippen LogP contribution in [0.5, 0.6) is 0 Å². The number of carbonyl (C=O) groups is 3. The van der Waals surface area contributed by atoms with Gasteiger partial charge in [0.1, 0.15) is 122 Å². The monoisotopic (exact) mass is 1250 g/mol. The molecule has 0 radical (unpaired) electrons. The average molecular weight is 1250 g/mol. The largest absolute Gasteiger partial charge is 1.00 e. The van der Waals surface area contributed by atoms with E-state index >= 15 is 0 Å². The number of carboxylic acids is 1. The van der Waals surface area contributed by atoms with Gasteiger partial charge >= 0.3 is 45.9 Å². The van der Waals surface area contributed by atoms with Crippen molar-refractivity contribution in [3.8, 4) is 0 Å². The molecule has 482 valence electrons. The van der Waals surface area contributed by atoms with Gasteiger partial charge in [-0.25, -0.2) is 8.98 Å². The average Bonchev–Trinajstić information content (AvgIpc) is 1.11. The van der Waals surface area contributed by atoms with Gasteiger partial charge in [-0.1, -0.05) is 39.0 Å². The molecule has 5 fully saturated rings. The first-order valence-electron chi connectivity index (χ1n) is 26.8. The summed E-state index contributed by atoms with van der Waals surface area (Å²) < 4.78 is 96.5. The fraction of sp³-hybridized carbons (Fsp3) is 0.915. The minimum Gasteiger partial charge on any atom is -0.862 e. The van der Waals surface area contributed by atoms with Crippen molar-refractivity contribution in [3.05, 3.63) is 0 Å². The van der Waals surface area contributed by atoms with E-state index < -0.39 is 232 Å². The van der Waals surface area contributed by atoms with Crippen molar-refractivity contribution in [1.82, 2.24) is 10.6 Å². The Bertz CT molecular complexity index is 2200. The standard InChI is InChI=1S/C47H81N3O32S.Na/c1-5-6-7-8-9-10-11-72-42-29(50-20(4)57)38(31(61)23(14-52)74-42)79-44-35(65)40(32(62)24(15-53)75-44)80-43-28(49-19(3)56)34(64)37(26(77-43)17-73-83(69,70)71)78-45-36(66)41(33(63)25(16-54)76-45)82-47(46(67)68)12-21(58)27(48-18(2)55)39(81-47)30(60)22(59)13-51;/h21-45,51-54,58-66H,5-17H2,1-4H3,(H,48,55)(H,49,56)(H,50,57)(H,67,68)(H,69,70,71);/q;+1/p-1/t21-,22+,23+,24+,25+,26+,27+,28+,29+,30+,31-,32-,33+,34+,35+,36+,37+,38+,39+,40-,41-,42-,43-,44-,45-,47-;/m0./s1. The zero-order valence-electron chi connectivity index (χ0n) is 46.6.